The molecule has 1 aliphatic heterocycles. The zero-order valence-electron chi connectivity index (χ0n) is 10.6. The van der Waals surface area contributed by atoms with Gasteiger partial charge in [-0.15, -0.1) is 0 Å². The molecular weight excluding hydrogens is 212 g/mol. The van der Waals surface area contributed by atoms with Crippen molar-refractivity contribution >= 4 is 5.96 Å². The summed E-state index contributed by atoms with van der Waals surface area (Å²) in [5.74, 6) is 0.667. The Morgan fingerprint density at radius 2 is 2.24 bits per heavy atom. The van der Waals surface area contributed by atoms with E-state index in [-0.39, 0.29) is 5.41 Å². The van der Waals surface area contributed by atoms with Gasteiger partial charge in [-0.2, -0.15) is 0 Å². The fourth-order valence-corrected chi connectivity index (χ4v) is 1.77. The quantitative estimate of drug-likeness (QED) is 0.632. The molecule has 1 aliphatic rings. The third-order valence-electron chi connectivity index (χ3n) is 3.17. The minimum atomic E-state index is -0.0727. The lowest BCUT2D eigenvalue weighted by Crippen LogP contribution is -2.46. The third-order valence-corrected chi connectivity index (χ3v) is 3.17. The van der Waals surface area contributed by atoms with E-state index in [2.05, 4.69) is 28.7 Å². The number of hydrogen-bond acceptors (Lipinski definition) is 2. The summed E-state index contributed by atoms with van der Waals surface area (Å²) in [4.78, 5) is 11.0. The highest BCUT2D eigenvalue weighted by Gasteiger charge is 2.23. The molecule has 1 fully saturated rings. The molecule has 92 valence electrons. The van der Waals surface area contributed by atoms with Gasteiger partial charge in [-0.1, -0.05) is 19.9 Å². The SMILES string of the molecule is CC(C)(CN=C(N)N1CCC1)c1ccccn1. The average molecular weight is 232 g/mol. The van der Waals surface area contributed by atoms with Crippen molar-refractivity contribution in [1.82, 2.24) is 9.88 Å². The van der Waals surface area contributed by atoms with Crippen LogP contribution in [0.4, 0.5) is 0 Å². The molecule has 0 bridgehead atoms. The highest BCUT2D eigenvalue weighted by Crippen LogP contribution is 2.21. The Labute approximate surface area is 103 Å². The number of nitrogens with zero attached hydrogens (tertiary/aromatic N) is 3. The summed E-state index contributed by atoms with van der Waals surface area (Å²) in [5, 5.41) is 0. The van der Waals surface area contributed by atoms with E-state index in [4.69, 9.17) is 5.73 Å². The van der Waals surface area contributed by atoms with Crippen LogP contribution < -0.4 is 5.73 Å². The second-order valence-corrected chi connectivity index (χ2v) is 5.11. The van der Waals surface area contributed by atoms with Gasteiger partial charge in [-0.25, -0.2) is 0 Å². The molecule has 0 amide bonds. The molecule has 4 heteroatoms. The Balaban J connectivity index is 2.02. The van der Waals surface area contributed by atoms with E-state index in [1.54, 1.807) is 0 Å². The van der Waals surface area contributed by atoms with Crippen molar-refractivity contribution in [3.05, 3.63) is 30.1 Å². The minimum absolute atomic E-state index is 0.0727. The molecule has 2 heterocycles. The Bertz CT molecular complexity index is 393. The Morgan fingerprint density at radius 1 is 1.47 bits per heavy atom. The highest BCUT2D eigenvalue weighted by molar-refractivity contribution is 5.78. The van der Waals surface area contributed by atoms with Crippen LogP contribution in [0.25, 0.3) is 0 Å². The van der Waals surface area contributed by atoms with E-state index in [0.29, 0.717) is 12.5 Å². The van der Waals surface area contributed by atoms with Crippen LogP contribution in [0, 0.1) is 0 Å². The van der Waals surface area contributed by atoms with Gasteiger partial charge < -0.3 is 10.6 Å². The fraction of sp³-hybridized carbons (Fsp3) is 0.538. The van der Waals surface area contributed by atoms with E-state index >= 15 is 0 Å². The second kappa shape index (κ2) is 4.73. The normalized spacial score (nSPS) is 16.8. The fourth-order valence-electron chi connectivity index (χ4n) is 1.77. The number of pyridine rings is 1. The van der Waals surface area contributed by atoms with Gasteiger partial charge in [-0.05, 0) is 18.6 Å². The van der Waals surface area contributed by atoms with Gasteiger partial charge in [0.1, 0.15) is 0 Å². The third kappa shape index (κ3) is 2.75. The number of likely N-dealkylation sites (tertiary alicyclic amines) is 1. The Hall–Kier alpha value is -1.58. The zero-order valence-corrected chi connectivity index (χ0v) is 10.6. The highest BCUT2D eigenvalue weighted by atomic mass is 15.3. The summed E-state index contributed by atoms with van der Waals surface area (Å²) in [6.07, 6.45) is 3.04. The van der Waals surface area contributed by atoms with E-state index < -0.39 is 0 Å². The number of rotatable bonds is 3. The molecule has 0 aromatic carbocycles. The summed E-state index contributed by atoms with van der Waals surface area (Å²) in [7, 11) is 0. The monoisotopic (exact) mass is 232 g/mol. The number of aromatic nitrogens is 1. The van der Waals surface area contributed by atoms with Gasteiger partial charge in [-0.3, -0.25) is 9.98 Å². The number of nitrogens with two attached hydrogens (primary N) is 1. The van der Waals surface area contributed by atoms with Crippen molar-refractivity contribution in [2.45, 2.75) is 25.7 Å². The Morgan fingerprint density at radius 3 is 2.76 bits per heavy atom. The molecule has 1 aromatic heterocycles. The maximum atomic E-state index is 5.92. The predicted molar refractivity (Wildman–Crippen MR) is 69.9 cm³/mol. The molecule has 4 nitrogen and oxygen atoms in total. The molecular formula is C13H20N4. The first-order valence-electron chi connectivity index (χ1n) is 6.06. The summed E-state index contributed by atoms with van der Waals surface area (Å²) < 4.78 is 0. The molecule has 1 saturated heterocycles. The van der Waals surface area contributed by atoms with Crippen molar-refractivity contribution in [3.63, 3.8) is 0 Å². The molecule has 0 unspecified atom stereocenters. The number of guanidine groups is 1. The summed E-state index contributed by atoms with van der Waals surface area (Å²) >= 11 is 0. The first-order chi connectivity index (χ1) is 8.09. The van der Waals surface area contributed by atoms with Crippen LogP contribution in [-0.4, -0.2) is 35.5 Å². The predicted octanol–water partition coefficient (Wildman–Crippen LogP) is 1.38. The number of hydrogen-bond donors (Lipinski definition) is 1. The van der Waals surface area contributed by atoms with Crippen LogP contribution >= 0.6 is 0 Å². The molecule has 0 atom stereocenters. The van der Waals surface area contributed by atoms with Crippen LogP contribution in [0.5, 0.6) is 0 Å². The molecule has 0 spiro atoms. The zero-order chi connectivity index (χ0) is 12.3. The lowest BCUT2D eigenvalue weighted by Gasteiger charge is -2.32. The van der Waals surface area contributed by atoms with Crippen molar-refractivity contribution in [2.24, 2.45) is 10.7 Å². The minimum Gasteiger partial charge on any atom is -0.370 e. The lowest BCUT2D eigenvalue weighted by atomic mass is 9.89. The number of aliphatic imine (C=N–C) groups is 1. The van der Waals surface area contributed by atoms with Gasteiger partial charge in [0.2, 0.25) is 0 Å². The van der Waals surface area contributed by atoms with Crippen LogP contribution in [0.3, 0.4) is 0 Å². The molecule has 0 radical (unpaired) electrons. The maximum absolute atomic E-state index is 5.92. The van der Waals surface area contributed by atoms with Crippen LogP contribution in [0.15, 0.2) is 29.4 Å². The second-order valence-electron chi connectivity index (χ2n) is 5.11. The van der Waals surface area contributed by atoms with Crippen molar-refractivity contribution < 1.29 is 0 Å². The lowest BCUT2D eigenvalue weighted by molar-refractivity contribution is 0.294. The molecule has 2 N–H and O–H groups in total. The maximum Gasteiger partial charge on any atom is 0.191 e. The van der Waals surface area contributed by atoms with Gasteiger partial charge in [0.05, 0.1) is 6.54 Å². The van der Waals surface area contributed by atoms with Gasteiger partial charge >= 0.3 is 0 Å². The topological polar surface area (TPSA) is 54.5 Å². The van der Waals surface area contributed by atoms with Crippen LogP contribution in [0.2, 0.25) is 0 Å². The Kier molecular flexibility index (Phi) is 3.31. The first kappa shape index (κ1) is 11.9. The van der Waals surface area contributed by atoms with Crippen molar-refractivity contribution in [2.75, 3.05) is 19.6 Å². The smallest absolute Gasteiger partial charge is 0.191 e. The van der Waals surface area contributed by atoms with E-state index in [1.807, 2.05) is 24.4 Å². The molecule has 0 aliphatic carbocycles. The van der Waals surface area contributed by atoms with Crippen LogP contribution in [0.1, 0.15) is 26.0 Å². The summed E-state index contributed by atoms with van der Waals surface area (Å²) in [6.45, 7) is 7.04. The van der Waals surface area contributed by atoms with Crippen LogP contribution in [-0.2, 0) is 5.41 Å². The van der Waals surface area contributed by atoms with Gasteiger partial charge in [0.25, 0.3) is 0 Å². The van der Waals surface area contributed by atoms with E-state index in [0.717, 1.165) is 18.8 Å². The average Bonchev–Trinajstić information content (AvgIpc) is 2.25. The van der Waals surface area contributed by atoms with E-state index in [1.165, 1.54) is 6.42 Å². The molecule has 1 aromatic rings. The summed E-state index contributed by atoms with van der Waals surface area (Å²) in [5.41, 5.74) is 6.90. The van der Waals surface area contributed by atoms with Crippen molar-refractivity contribution in [3.8, 4) is 0 Å². The van der Waals surface area contributed by atoms with Gasteiger partial charge in [0, 0.05) is 30.4 Å². The van der Waals surface area contributed by atoms with Gasteiger partial charge in [0.15, 0.2) is 5.96 Å². The molecule has 0 saturated carbocycles. The largest absolute Gasteiger partial charge is 0.370 e. The summed E-state index contributed by atoms with van der Waals surface area (Å²) in [6, 6.07) is 5.97. The standard InChI is InChI=1S/C13H20N4/c1-13(2,11-6-3-4-7-15-11)10-16-12(14)17-8-5-9-17/h3-4,6-7H,5,8-10H2,1-2H3,(H2,14,16). The molecule has 2 rings (SSSR count). The molecule has 17 heavy (non-hydrogen) atoms. The first-order valence-corrected chi connectivity index (χ1v) is 6.06. The van der Waals surface area contributed by atoms with Crippen molar-refractivity contribution in [1.29, 1.82) is 0 Å². The van der Waals surface area contributed by atoms with E-state index in [9.17, 15) is 0 Å².